The normalized spacial score (nSPS) is 5.36. The quantitative estimate of drug-likeness (QED) is 0.370. The van der Waals surface area contributed by atoms with Gasteiger partial charge in [0.25, 0.3) is 0 Å². The third kappa shape index (κ3) is 2390. The van der Waals surface area contributed by atoms with Crippen LogP contribution in [-0.4, -0.2) is 50.7 Å². The molecular formula is C6H11O7Pb. The Bertz CT molecular complexity index is 116. The predicted octanol–water partition coefficient (Wildman–Crippen LogP) is -4.94. The molecule has 0 saturated carbocycles. The Morgan fingerprint density at radius 1 is 0.714 bits per heavy atom. The van der Waals surface area contributed by atoms with Gasteiger partial charge in [0.05, 0.1) is 0 Å². The molecule has 1 radical (unpaired) electrons. The van der Waals surface area contributed by atoms with Gasteiger partial charge in [-0.25, -0.2) is 0 Å². The van der Waals surface area contributed by atoms with Crippen molar-refractivity contribution in [3.05, 3.63) is 0 Å². The fourth-order valence-electron chi connectivity index (χ4n) is 0. The summed E-state index contributed by atoms with van der Waals surface area (Å²) in [7, 11) is 0. The van der Waals surface area contributed by atoms with Crippen LogP contribution < -0.4 is 15.3 Å². The van der Waals surface area contributed by atoms with E-state index in [0.29, 0.717) is 0 Å². The molecule has 0 aromatic carbocycles. The van der Waals surface area contributed by atoms with Crippen molar-refractivity contribution in [1.82, 2.24) is 0 Å². The zero-order valence-electron chi connectivity index (χ0n) is 7.95. The second kappa shape index (κ2) is 22.8. The Kier molecular flexibility index (Phi) is 47.6. The number of carboxylic acids is 3. The van der Waals surface area contributed by atoms with E-state index >= 15 is 0 Å². The molecule has 0 rings (SSSR count). The monoisotopic (exact) mass is 403 g/mol. The number of hydrogen-bond donors (Lipinski definition) is 0. The van der Waals surface area contributed by atoms with Gasteiger partial charge in [0.2, 0.25) is 0 Å². The van der Waals surface area contributed by atoms with Gasteiger partial charge in [-0.15, -0.1) is 0 Å². The van der Waals surface area contributed by atoms with Gasteiger partial charge < -0.3 is 35.2 Å². The van der Waals surface area contributed by atoms with E-state index in [1.807, 2.05) is 0 Å². The number of aliphatic carboxylic acids is 3. The Balaban J connectivity index is -0.0000000270. The van der Waals surface area contributed by atoms with Crippen LogP contribution in [0.1, 0.15) is 20.8 Å². The van der Waals surface area contributed by atoms with Crippen LogP contribution >= 0.6 is 0 Å². The summed E-state index contributed by atoms with van der Waals surface area (Å²) in [6.45, 7) is 2.92. The van der Waals surface area contributed by atoms with Gasteiger partial charge in [0.15, 0.2) is 0 Å². The molecule has 0 bridgehead atoms. The molecule has 81 valence electrons. The maximum atomic E-state index is 8.89. The van der Waals surface area contributed by atoms with Gasteiger partial charge in [-0.1, -0.05) is 0 Å². The molecule has 0 saturated heterocycles. The summed E-state index contributed by atoms with van der Waals surface area (Å²) in [6.07, 6.45) is 0. The number of carboxylic acid groups (broad SMARTS) is 3. The Morgan fingerprint density at radius 2 is 0.714 bits per heavy atom. The van der Waals surface area contributed by atoms with Crippen molar-refractivity contribution in [2.45, 2.75) is 20.8 Å². The van der Waals surface area contributed by atoms with Gasteiger partial charge in [0.1, 0.15) is 0 Å². The van der Waals surface area contributed by atoms with Crippen LogP contribution in [0.5, 0.6) is 0 Å². The summed E-state index contributed by atoms with van der Waals surface area (Å²) >= 11 is 0. The zero-order chi connectivity index (χ0) is 10.7. The molecule has 0 aromatic rings. The third-order valence-electron chi connectivity index (χ3n) is 0. The standard InChI is InChI=1S/3C2H4O2.H2O.Pb/c3*1-2(3)4;;/h3*1H3,(H,3,4);1H2;/q;;;;+3/p-3. The molecule has 0 aliphatic rings. The molecule has 0 atom stereocenters. The second-order valence-corrected chi connectivity index (χ2v) is 1.47. The van der Waals surface area contributed by atoms with E-state index in [4.69, 9.17) is 29.7 Å². The molecular weight excluding hydrogens is 391 g/mol. The van der Waals surface area contributed by atoms with Gasteiger partial charge in [-0.2, -0.15) is 0 Å². The van der Waals surface area contributed by atoms with Crippen LogP contribution in [0.15, 0.2) is 0 Å². The van der Waals surface area contributed by atoms with Gasteiger partial charge in [-0.3, -0.25) is 0 Å². The minimum Gasteiger partial charge on any atom is -0.550 e. The average molecular weight is 402 g/mol. The summed E-state index contributed by atoms with van der Waals surface area (Å²) < 4.78 is 0. The van der Waals surface area contributed by atoms with E-state index in [1.165, 1.54) is 0 Å². The minimum absolute atomic E-state index is 0. The van der Waals surface area contributed by atoms with Crippen molar-refractivity contribution >= 4 is 45.2 Å². The van der Waals surface area contributed by atoms with Crippen molar-refractivity contribution < 1.29 is 35.2 Å². The fourth-order valence-corrected chi connectivity index (χ4v) is 0. The molecule has 0 spiro atoms. The number of rotatable bonds is 0. The van der Waals surface area contributed by atoms with Crippen molar-refractivity contribution in [2.24, 2.45) is 0 Å². The van der Waals surface area contributed by atoms with Crippen molar-refractivity contribution in [3.63, 3.8) is 0 Å². The summed E-state index contributed by atoms with van der Waals surface area (Å²) in [5.41, 5.74) is 0. The molecule has 0 aliphatic carbocycles. The summed E-state index contributed by atoms with van der Waals surface area (Å²) in [6, 6.07) is 0. The minimum atomic E-state index is -1.08. The maximum absolute atomic E-state index is 8.89. The fraction of sp³-hybridized carbons (Fsp3) is 0.500. The summed E-state index contributed by atoms with van der Waals surface area (Å²) in [5, 5.41) is 26.7. The predicted molar refractivity (Wildman–Crippen MR) is 41.4 cm³/mol. The maximum Gasteiger partial charge on any atom is 3.00 e. The molecule has 0 heterocycles. The first-order valence-corrected chi connectivity index (χ1v) is 2.72. The van der Waals surface area contributed by atoms with Crippen molar-refractivity contribution in [1.29, 1.82) is 0 Å². The molecule has 0 fully saturated rings. The number of carbonyl (C=O) groups excluding carboxylic acids is 3. The number of hydrogen-bond acceptors (Lipinski definition) is 6. The number of carbonyl (C=O) groups is 3. The zero-order valence-corrected chi connectivity index (χ0v) is 11.8. The second-order valence-electron chi connectivity index (χ2n) is 1.47. The first kappa shape index (κ1) is 29.2. The molecule has 2 N–H and O–H groups in total. The molecule has 8 heteroatoms. The van der Waals surface area contributed by atoms with Gasteiger partial charge in [0, 0.05) is 17.9 Å². The Labute approximate surface area is 101 Å². The molecule has 0 unspecified atom stereocenters. The first-order chi connectivity index (χ1) is 5.20. The van der Waals surface area contributed by atoms with E-state index in [0.717, 1.165) is 20.8 Å². The SMILES string of the molecule is CC(=O)[O-].CC(=O)[O-].CC(=O)[O-].O.[Pb+3]. The first-order valence-electron chi connectivity index (χ1n) is 2.72. The van der Waals surface area contributed by atoms with Crippen LogP contribution in [-0.2, 0) is 14.4 Å². The molecule has 0 aliphatic heterocycles. The summed E-state index contributed by atoms with van der Waals surface area (Å²) in [5.74, 6) is -3.25. The van der Waals surface area contributed by atoms with E-state index in [2.05, 4.69) is 0 Å². The average Bonchev–Trinajstić information content (AvgIpc) is 1.54. The third-order valence-corrected chi connectivity index (χ3v) is 0. The molecule has 0 aromatic heterocycles. The largest absolute Gasteiger partial charge is 3.00 e. The van der Waals surface area contributed by atoms with E-state index in [1.54, 1.807) is 0 Å². The van der Waals surface area contributed by atoms with Gasteiger partial charge >= 0.3 is 27.3 Å². The Morgan fingerprint density at radius 3 is 0.714 bits per heavy atom. The molecule has 7 nitrogen and oxygen atoms in total. The van der Waals surface area contributed by atoms with Crippen LogP contribution in [0.3, 0.4) is 0 Å². The molecule has 14 heavy (non-hydrogen) atoms. The van der Waals surface area contributed by atoms with Gasteiger partial charge in [-0.05, 0) is 20.8 Å². The van der Waals surface area contributed by atoms with Crippen LogP contribution in [0.25, 0.3) is 0 Å². The van der Waals surface area contributed by atoms with Crippen LogP contribution in [0, 0.1) is 0 Å². The van der Waals surface area contributed by atoms with Crippen molar-refractivity contribution in [2.75, 3.05) is 0 Å². The van der Waals surface area contributed by atoms with E-state index in [-0.39, 0.29) is 32.8 Å². The van der Waals surface area contributed by atoms with E-state index < -0.39 is 17.9 Å². The smallest absolute Gasteiger partial charge is 0.550 e. The van der Waals surface area contributed by atoms with Crippen LogP contribution in [0.2, 0.25) is 0 Å². The summed E-state index contributed by atoms with van der Waals surface area (Å²) in [4.78, 5) is 26.7. The topological polar surface area (TPSA) is 152 Å². The van der Waals surface area contributed by atoms with Crippen molar-refractivity contribution in [3.8, 4) is 0 Å². The Hall–Kier alpha value is -0.708. The van der Waals surface area contributed by atoms with Crippen LogP contribution in [0.4, 0.5) is 0 Å². The van der Waals surface area contributed by atoms with E-state index in [9.17, 15) is 0 Å². The molecule has 0 amide bonds.